The lowest BCUT2D eigenvalue weighted by molar-refractivity contribution is 0.0879. The van der Waals surface area contributed by atoms with Crippen molar-refractivity contribution in [3.05, 3.63) is 0 Å². The predicted molar refractivity (Wildman–Crippen MR) is 85.7 cm³/mol. The second-order valence-electron chi connectivity index (χ2n) is 6.98. The van der Waals surface area contributed by atoms with Gasteiger partial charge in [0.1, 0.15) is 0 Å². The average Bonchev–Trinajstić information content (AvgIpc) is 2.39. The Bertz CT molecular complexity index is 227. The molecule has 0 spiro atoms. The quantitative estimate of drug-likeness (QED) is 0.714. The SMILES string of the molecule is CCC(CC)N(C)CC1(CNC(C)C)CCCCC1. The van der Waals surface area contributed by atoms with Gasteiger partial charge in [0.25, 0.3) is 0 Å². The molecular formula is C17H36N2. The van der Waals surface area contributed by atoms with Gasteiger partial charge in [0.15, 0.2) is 0 Å². The van der Waals surface area contributed by atoms with Crippen LogP contribution in [0.3, 0.4) is 0 Å². The molecule has 1 aliphatic rings. The molecule has 0 unspecified atom stereocenters. The van der Waals surface area contributed by atoms with Crippen molar-refractivity contribution >= 4 is 0 Å². The van der Waals surface area contributed by atoms with Gasteiger partial charge in [-0.1, -0.05) is 47.0 Å². The Balaban J connectivity index is 2.62. The van der Waals surface area contributed by atoms with Gasteiger partial charge in [-0.25, -0.2) is 0 Å². The minimum atomic E-state index is 0.528. The first-order valence-electron chi connectivity index (χ1n) is 8.46. The molecule has 2 nitrogen and oxygen atoms in total. The molecule has 114 valence electrons. The van der Waals surface area contributed by atoms with Crippen LogP contribution in [0.4, 0.5) is 0 Å². The van der Waals surface area contributed by atoms with E-state index in [0.717, 1.165) is 6.04 Å². The second-order valence-corrected chi connectivity index (χ2v) is 6.98. The van der Waals surface area contributed by atoms with E-state index in [4.69, 9.17) is 0 Å². The summed E-state index contributed by atoms with van der Waals surface area (Å²) in [5.41, 5.74) is 0.528. The minimum Gasteiger partial charge on any atom is -0.314 e. The zero-order valence-corrected chi connectivity index (χ0v) is 14.0. The molecule has 2 heteroatoms. The van der Waals surface area contributed by atoms with Crippen molar-refractivity contribution in [2.45, 2.75) is 84.7 Å². The number of hydrogen-bond acceptors (Lipinski definition) is 2. The normalized spacial score (nSPS) is 19.6. The van der Waals surface area contributed by atoms with Gasteiger partial charge < -0.3 is 10.2 Å². The highest BCUT2D eigenvalue weighted by atomic mass is 15.1. The number of nitrogens with zero attached hydrogens (tertiary/aromatic N) is 1. The van der Waals surface area contributed by atoms with Gasteiger partial charge in [-0.05, 0) is 38.1 Å². The maximum atomic E-state index is 3.71. The maximum absolute atomic E-state index is 3.71. The van der Waals surface area contributed by atoms with Crippen LogP contribution in [0.15, 0.2) is 0 Å². The van der Waals surface area contributed by atoms with Crippen LogP contribution in [-0.2, 0) is 0 Å². The fourth-order valence-corrected chi connectivity index (χ4v) is 3.68. The van der Waals surface area contributed by atoms with Crippen molar-refractivity contribution in [1.82, 2.24) is 10.2 Å². The lowest BCUT2D eigenvalue weighted by Crippen LogP contribution is -2.48. The van der Waals surface area contributed by atoms with E-state index in [0.29, 0.717) is 11.5 Å². The van der Waals surface area contributed by atoms with Crippen LogP contribution in [0.1, 0.15) is 72.6 Å². The fourth-order valence-electron chi connectivity index (χ4n) is 3.68. The van der Waals surface area contributed by atoms with Crippen LogP contribution in [0, 0.1) is 5.41 Å². The van der Waals surface area contributed by atoms with Crippen LogP contribution in [0.25, 0.3) is 0 Å². The van der Waals surface area contributed by atoms with E-state index >= 15 is 0 Å². The lowest BCUT2D eigenvalue weighted by Gasteiger charge is -2.43. The summed E-state index contributed by atoms with van der Waals surface area (Å²) in [6.07, 6.45) is 9.68. The molecule has 1 rings (SSSR count). The molecule has 1 aliphatic carbocycles. The molecule has 0 aromatic heterocycles. The van der Waals surface area contributed by atoms with Crippen molar-refractivity contribution in [3.8, 4) is 0 Å². The van der Waals surface area contributed by atoms with Crippen LogP contribution in [-0.4, -0.2) is 37.1 Å². The average molecular weight is 268 g/mol. The van der Waals surface area contributed by atoms with Gasteiger partial charge in [0, 0.05) is 25.2 Å². The lowest BCUT2D eigenvalue weighted by atomic mass is 9.73. The van der Waals surface area contributed by atoms with Crippen LogP contribution >= 0.6 is 0 Å². The highest BCUT2D eigenvalue weighted by molar-refractivity contribution is 4.89. The summed E-state index contributed by atoms with van der Waals surface area (Å²) in [6, 6.07) is 1.37. The summed E-state index contributed by atoms with van der Waals surface area (Å²) in [5, 5.41) is 3.71. The molecule has 0 aliphatic heterocycles. The van der Waals surface area contributed by atoms with Crippen molar-refractivity contribution in [1.29, 1.82) is 0 Å². The van der Waals surface area contributed by atoms with E-state index in [1.54, 1.807) is 0 Å². The van der Waals surface area contributed by atoms with E-state index in [2.05, 4.69) is 45.0 Å². The topological polar surface area (TPSA) is 15.3 Å². The molecule has 0 aromatic rings. The second kappa shape index (κ2) is 8.26. The number of hydrogen-bond donors (Lipinski definition) is 1. The first-order valence-corrected chi connectivity index (χ1v) is 8.46. The Morgan fingerprint density at radius 3 is 2.11 bits per heavy atom. The molecule has 1 saturated carbocycles. The van der Waals surface area contributed by atoms with E-state index in [1.807, 2.05) is 0 Å². The number of rotatable bonds is 8. The zero-order valence-electron chi connectivity index (χ0n) is 14.0. The molecule has 1 fully saturated rings. The maximum Gasteiger partial charge on any atom is 0.00872 e. The van der Waals surface area contributed by atoms with Crippen LogP contribution in [0.5, 0.6) is 0 Å². The van der Waals surface area contributed by atoms with Gasteiger partial charge in [-0.15, -0.1) is 0 Å². The third kappa shape index (κ3) is 5.43. The van der Waals surface area contributed by atoms with Crippen molar-refractivity contribution in [2.75, 3.05) is 20.1 Å². The monoisotopic (exact) mass is 268 g/mol. The Kier molecular flexibility index (Phi) is 7.38. The molecule has 0 radical (unpaired) electrons. The smallest absolute Gasteiger partial charge is 0.00872 e. The van der Waals surface area contributed by atoms with Gasteiger partial charge in [0.2, 0.25) is 0 Å². The van der Waals surface area contributed by atoms with E-state index in [-0.39, 0.29) is 0 Å². The third-order valence-electron chi connectivity index (χ3n) is 4.95. The van der Waals surface area contributed by atoms with Crippen LogP contribution < -0.4 is 5.32 Å². The summed E-state index contributed by atoms with van der Waals surface area (Å²) in [4.78, 5) is 2.63. The summed E-state index contributed by atoms with van der Waals surface area (Å²) in [5.74, 6) is 0. The Morgan fingerprint density at radius 1 is 1.05 bits per heavy atom. The molecule has 0 saturated heterocycles. The van der Waals surface area contributed by atoms with Gasteiger partial charge >= 0.3 is 0 Å². The molecule has 0 heterocycles. The Labute approximate surface area is 121 Å². The highest BCUT2D eigenvalue weighted by Crippen LogP contribution is 2.37. The summed E-state index contributed by atoms with van der Waals surface area (Å²) >= 11 is 0. The third-order valence-corrected chi connectivity index (χ3v) is 4.95. The van der Waals surface area contributed by atoms with Gasteiger partial charge in [-0.3, -0.25) is 0 Å². The largest absolute Gasteiger partial charge is 0.314 e. The summed E-state index contributed by atoms with van der Waals surface area (Å²) in [6.45, 7) is 11.7. The standard InChI is InChI=1S/C17H36N2/c1-6-16(7-2)19(5)14-17(13-18-15(3)4)11-9-8-10-12-17/h15-16,18H,6-14H2,1-5H3. The van der Waals surface area contributed by atoms with Gasteiger partial charge in [0.05, 0.1) is 0 Å². The molecular weight excluding hydrogens is 232 g/mol. The number of nitrogens with one attached hydrogen (secondary N) is 1. The van der Waals surface area contributed by atoms with Crippen LogP contribution in [0.2, 0.25) is 0 Å². The zero-order chi connectivity index (χ0) is 14.3. The van der Waals surface area contributed by atoms with Crippen molar-refractivity contribution in [2.24, 2.45) is 5.41 Å². The molecule has 0 aromatic carbocycles. The Morgan fingerprint density at radius 2 is 1.63 bits per heavy atom. The summed E-state index contributed by atoms with van der Waals surface area (Å²) in [7, 11) is 2.34. The molecule has 0 atom stereocenters. The highest BCUT2D eigenvalue weighted by Gasteiger charge is 2.34. The van der Waals surface area contributed by atoms with Crippen molar-refractivity contribution in [3.63, 3.8) is 0 Å². The van der Waals surface area contributed by atoms with Crippen molar-refractivity contribution < 1.29 is 0 Å². The van der Waals surface area contributed by atoms with E-state index in [9.17, 15) is 0 Å². The van der Waals surface area contributed by atoms with E-state index < -0.39 is 0 Å². The Hall–Kier alpha value is -0.0800. The minimum absolute atomic E-state index is 0.528. The first-order chi connectivity index (χ1) is 9.03. The predicted octanol–water partition coefficient (Wildman–Crippen LogP) is 4.06. The molecule has 1 N–H and O–H groups in total. The first kappa shape index (κ1) is 17.0. The van der Waals surface area contributed by atoms with E-state index in [1.165, 1.54) is 58.0 Å². The molecule has 0 amide bonds. The van der Waals surface area contributed by atoms with Gasteiger partial charge in [-0.2, -0.15) is 0 Å². The molecule has 19 heavy (non-hydrogen) atoms. The molecule has 0 bridgehead atoms. The fraction of sp³-hybridized carbons (Fsp3) is 1.00. The summed E-state index contributed by atoms with van der Waals surface area (Å²) < 4.78 is 0.